The summed E-state index contributed by atoms with van der Waals surface area (Å²) in [4.78, 5) is 25.9. The highest BCUT2D eigenvalue weighted by Gasteiger charge is 2.39. The van der Waals surface area contributed by atoms with Gasteiger partial charge in [-0.1, -0.05) is 38.6 Å². The molecule has 0 aromatic heterocycles. The Bertz CT molecular complexity index is 806. The molecule has 1 saturated heterocycles. The van der Waals surface area contributed by atoms with Crippen molar-refractivity contribution in [1.29, 1.82) is 0 Å². The van der Waals surface area contributed by atoms with Gasteiger partial charge in [0.2, 0.25) is 5.91 Å². The van der Waals surface area contributed by atoms with Crippen LogP contribution in [0.15, 0.2) is 18.2 Å². The molecule has 9 heteroatoms. The Morgan fingerprint density at radius 2 is 1.93 bits per heavy atom. The molecular formula is C18H25NO6S2. The van der Waals surface area contributed by atoms with E-state index in [4.69, 9.17) is 8.92 Å². The number of hydrogen-bond acceptors (Lipinski definition) is 7. The van der Waals surface area contributed by atoms with Gasteiger partial charge >= 0.3 is 10.1 Å². The molecule has 1 atom stereocenters. The summed E-state index contributed by atoms with van der Waals surface area (Å²) in [5.41, 5.74) is 0.697. The summed E-state index contributed by atoms with van der Waals surface area (Å²) in [6.07, 6.45) is 0.739. The van der Waals surface area contributed by atoms with Gasteiger partial charge in [0.25, 0.3) is 5.24 Å². The van der Waals surface area contributed by atoms with Crippen LogP contribution in [0.1, 0.15) is 32.8 Å². The van der Waals surface area contributed by atoms with E-state index in [0.717, 1.165) is 11.8 Å². The van der Waals surface area contributed by atoms with Crippen molar-refractivity contribution in [2.75, 3.05) is 19.4 Å². The molecule has 1 aliphatic rings. The monoisotopic (exact) mass is 415 g/mol. The Morgan fingerprint density at radius 1 is 1.22 bits per heavy atom. The molecule has 0 saturated carbocycles. The van der Waals surface area contributed by atoms with Crippen LogP contribution in [0.3, 0.4) is 0 Å². The number of rotatable bonds is 9. The first-order valence-electron chi connectivity index (χ1n) is 8.78. The third-order valence-corrected chi connectivity index (χ3v) is 6.29. The lowest BCUT2D eigenvalue weighted by molar-refractivity contribution is -0.127. The number of thioether (sulfide) groups is 1. The quantitative estimate of drug-likeness (QED) is 0.573. The predicted molar refractivity (Wildman–Crippen MR) is 105 cm³/mol. The van der Waals surface area contributed by atoms with Gasteiger partial charge in [-0.25, -0.2) is 0 Å². The summed E-state index contributed by atoms with van der Waals surface area (Å²) in [5.74, 6) is 0.263. The molecular weight excluding hydrogens is 390 g/mol. The van der Waals surface area contributed by atoms with Crippen molar-refractivity contribution in [2.45, 2.75) is 38.9 Å². The van der Waals surface area contributed by atoms with Crippen LogP contribution in [0.25, 0.3) is 0 Å². The average Bonchev–Trinajstić information content (AvgIpc) is 2.82. The zero-order valence-electron chi connectivity index (χ0n) is 15.9. The van der Waals surface area contributed by atoms with Crippen LogP contribution in [-0.4, -0.2) is 49.1 Å². The fourth-order valence-corrected chi connectivity index (χ4v) is 4.74. The third-order valence-electron chi connectivity index (χ3n) is 3.87. The van der Waals surface area contributed by atoms with Crippen molar-refractivity contribution in [2.24, 2.45) is 5.92 Å². The van der Waals surface area contributed by atoms with E-state index in [1.807, 2.05) is 13.8 Å². The van der Waals surface area contributed by atoms with Gasteiger partial charge in [-0.3, -0.25) is 14.5 Å². The molecule has 1 aromatic carbocycles. The number of methoxy groups -OCH3 is 1. The molecule has 0 spiro atoms. The lowest BCUT2D eigenvalue weighted by Gasteiger charge is -2.16. The topological polar surface area (TPSA) is 90.0 Å². The number of amides is 2. The third kappa shape index (κ3) is 5.62. The van der Waals surface area contributed by atoms with E-state index in [2.05, 4.69) is 0 Å². The van der Waals surface area contributed by atoms with Gasteiger partial charge < -0.3 is 8.92 Å². The molecule has 7 nitrogen and oxygen atoms in total. The zero-order valence-corrected chi connectivity index (χ0v) is 17.6. The molecule has 1 aliphatic heterocycles. The highest BCUT2D eigenvalue weighted by Crippen LogP contribution is 2.34. The van der Waals surface area contributed by atoms with E-state index in [1.54, 1.807) is 25.1 Å². The Morgan fingerprint density at radius 3 is 2.52 bits per heavy atom. The van der Waals surface area contributed by atoms with Gasteiger partial charge in [0.05, 0.1) is 18.1 Å². The number of imide groups is 1. The van der Waals surface area contributed by atoms with Crippen LogP contribution in [0, 0.1) is 5.92 Å². The molecule has 1 heterocycles. The standard InChI is InChI=1S/C18H25NO6S2/c1-5-8-27(22,23)25-15-9-13(6-7-14(15)24-4)10-16-17(20)19(11-12(2)3)18(21)26-16/h6-7,9,12,16H,5,8,10-11H2,1-4H3. The lowest BCUT2D eigenvalue weighted by Crippen LogP contribution is -2.35. The second-order valence-electron chi connectivity index (χ2n) is 6.75. The maximum Gasteiger partial charge on any atom is 0.309 e. The number of carbonyl (C=O) groups is 2. The fraction of sp³-hybridized carbons (Fsp3) is 0.556. The van der Waals surface area contributed by atoms with Crippen LogP contribution < -0.4 is 8.92 Å². The van der Waals surface area contributed by atoms with Crippen LogP contribution in [0.5, 0.6) is 11.5 Å². The highest BCUT2D eigenvalue weighted by molar-refractivity contribution is 8.15. The molecule has 1 aromatic rings. The number of ether oxygens (including phenoxy) is 1. The Kier molecular flexibility index (Phi) is 7.16. The van der Waals surface area contributed by atoms with Crippen molar-refractivity contribution >= 4 is 33.0 Å². The maximum atomic E-state index is 12.5. The van der Waals surface area contributed by atoms with Crippen molar-refractivity contribution in [3.63, 3.8) is 0 Å². The van der Waals surface area contributed by atoms with E-state index in [9.17, 15) is 18.0 Å². The summed E-state index contributed by atoms with van der Waals surface area (Å²) in [7, 11) is -2.29. The van der Waals surface area contributed by atoms with Gasteiger partial charge in [-0.2, -0.15) is 8.42 Å². The molecule has 0 radical (unpaired) electrons. The molecule has 2 amide bonds. The molecule has 1 unspecified atom stereocenters. The smallest absolute Gasteiger partial charge is 0.309 e. The first-order valence-corrected chi connectivity index (χ1v) is 11.2. The first-order chi connectivity index (χ1) is 12.7. The minimum Gasteiger partial charge on any atom is -0.493 e. The lowest BCUT2D eigenvalue weighted by atomic mass is 10.1. The van der Waals surface area contributed by atoms with E-state index in [-0.39, 0.29) is 28.6 Å². The van der Waals surface area contributed by atoms with E-state index >= 15 is 0 Å². The number of nitrogens with zero attached hydrogens (tertiary/aromatic N) is 1. The molecule has 1 fully saturated rings. The van der Waals surface area contributed by atoms with Gasteiger partial charge in [0.15, 0.2) is 11.5 Å². The molecule has 0 aliphatic carbocycles. The largest absolute Gasteiger partial charge is 0.493 e. The van der Waals surface area contributed by atoms with Gasteiger partial charge in [0.1, 0.15) is 0 Å². The van der Waals surface area contributed by atoms with Gasteiger partial charge in [0, 0.05) is 6.54 Å². The second-order valence-corrected chi connectivity index (χ2v) is 9.59. The van der Waals surface area contributed by atoms with E-state index in [1.165, 1.54) is 12.0 Å². The van der Waals surface area contributed by atoms with Crippen LogP contribution in [0.4, 0.5) is 4.79 Å². The summed E-state index contributed by atoms with van der Waals surface area (Å²) < 4.78 is 34.3. The normalized spacial score (nSPS) is 17.7. The fourth-order valence-electron chi connectivity index (χ4n) is 2.71. The van der Waals surface area contributed by atoms with E-state index in [0.29, 0.717) is 30.7 Å². The zero-order chi connectivity index (χ0) is 20.2. The molecule has 0 N–H and O–H groups in total. The van der Waals surface area contributed by atoms with Gasteiger partial charge in [-0.15, -0.1) is 0 Å². The predicted octanol–water partition coefficient (Wildman–Crippen LogP) is 3.08. The van der Waals surface area contributed by atoms with Crippen LogP contribution in [-0.2, 0) is 21.3 Å². The van der Waals surface area contributed by atoms with Crippen LogP contribution in [0.2, 0.25) is 0 Å². The Balaban J connectivity index is 2.19. The van der Waals surface area contributed by atoms with Crippen LogP contribution >= 0.6 is 11.8 Å². The second kappa shape index (κ2) is 8.97. The van der Waals surface area contributed by atoms with Crippen molar-refractivity contribution in [3.05, 3.63) is 23.8 Å². The Labute approximate surface area is 164 Å². The van der Waals surface area contributed by atoms with Crippen molar-refractivity contribution < 1.29 is 26.9 Å². The molecule has 0 bridgehead atoms. The molecule has 27 heavy (non-hydrogen) atoms. The van der Waals surface area contributed by atoms with Crippen molar-refractivity contribution in [1.82, 2.24) is 4.90 Å². The molecule has 2 rings (SSSR count). The first kappa shape index (κ1) is 21.6. The summed E-state index contributed by atoms with van der Waals surface area (Å²) in [6.45, 7) is 6.04. The minimum atomic E-state index is -3.72. The maximum absolute atomic E-state index is 12.5. The Hall–Kier alpha value is -1.74. The number of benzene rings is 1. The van der Waals surface area contributed by atoms with Gasteiger partial charge in [-0.05, 0) is 36.5 Å². The summed E-state index contributed by atoms with van der Waals surface area (Å²) in [5, 5.41) is -0.765. The average molecular weight is 416 g/mol. The summed E-state index contributed by atoms with van der Waals surface area (Å²) >= 11 is 1.00. The summed E-state index contributed by atoms with van der Waals surface area (Å²) in [6, 6.07) is 4.89. The van der Waals surface area contributed by atoms with Crippen molar-refractivity contribution in [3.8, 4) is 11.5 Å². The minimum absolute atomic E-state index is 0.0873. The SMILES string of the molecule is CCCS(=O)(=O)Oc1cc(CC2SC(=O)N(CC(C)C)C2=O)ccc1OC. The number of hydrogen-bond donors (Lipinski definition) is 0. The highest BCUT2D eigenvalue weighted by atomic mass is 32.2. The molecule has 150 valence electrons. The van der Waals surface area contributed by atoms with E-state index < -0.39 is 15.4 Å². The number of carbonyl (C=O) groups excluding carboxylic acids is 2.